The van der Waals surface area contributed by atoms with Crippen LogP contribution in [-0.2, 0) is 10.7 Å². The van der Waals surface area contributed by atoms with E-state index < -0.39 is 0 Å². The van der Waals surface area contributed by atoms with Crippen molar-refractivity contribution in [2.45, 2.75) is 51.2 Å². The minimum Gasteiger partial charge on any atom is -0.493 e. The maximum atomic E-state index is 5.97. The van der Waals surface area contributed by atoms with Crippen LogP contribution in [0.4, 0.5) is 0 Å². The van der Waals surface area contributed by atoms with Gasteiger partial charge in [0.25, 0.3) is 0 Å². The summed E-state index contributed by atoms with van der Waals surface area (Å²) in [4.78, 5) is 0. The van der Waals surface area contributed by atoms with Gasteiger partial charge in [-0.05, 0) is 36.8 Å². The minimum absolute atomic E-state index is 0.654. The van der Waals surface area contributed by atoms with Crippen LogP contribution in [0.3, 0.4) is 0 Å². The Morgan fingerprint density at radius 1 is 0.773 bits per heavy atom. The molecule has 0 heterocycles. The molecule has 0 atom stereocenters. The Morgan fingerprint density at radius 2 is 1.14 bits per heavy atom. The number of ether oxygens (including phenoxy) is 2. The predicted molar refractivity (Wildman–Crippen MR) is 102 cm³/mol. The summed E-state index contributed by atoms with van der Waals surface area (Å²) in [5.74, 6) is 3.23. The van der Waals surface area contributed by atoms with Crippen LogP contribution in [0, 0.1) is 11.8 Å². The fourth-order valence-electron chi connectivity index (χ4n) is 1.93. The lowest BCUT2D eigenvalue weighted by atomic mass is 10.1. The number of benzene rings is 1. The molecule has 0 radical (unpaired) electrons. The lowest BCUT2D eigenvalue weighted by Gasteiger charge is -2.17. The second kappa shape index (κ2) is 10.5. The Labute approximate surface area is 152 Å². The first-order chi connectivity index (χ1) is 10.5. The molecule has 0 fully saturated rings. The summed E-state index contributed by atoms with van der Waals surface area (Å²) in [6.45, 7) is 10.4. The number of alkyl halides is 2. The van der Waals surface area contributed by atoms with Crippen molar-refractivity contribution in [2.75, 3.05) is 13.2 Å². The summed E-state index contributed by atoms with van der Waals surface area (Å²) < 4.78 is 11.9. The fourth-order valence-corrected chi connectivity index (χ4v) is 2.81. The van der Waals surface area contributed by atoms with E-state index in [1.807, 2.05) is 0 Å². The number of halogens is 2. The van der Waals surface area contributed by atoms with E-state index in [0.717, 1.165) is 59.3 Å². The molecule has 0 aliphatic heterocycles. The lowest BCUT2D eigenvalue weighted by Crippen LogP contribution is -2.06. The molecule has 1 aromatic rings. The second-order valence-electron chi connectivity index (χ2n) is 6.40. The van der Waals surface area contributed by atoms with Crippen molar-refractivity contribution in [3.63, 3.8) is 0 Å². The van der Waals surface area contributed by atoms with Crippen LogP contribution in [0.5, 0.6) is 11.5 Å². The molecule has 0 aliphatic carbocycles. The highest BCUT2D eigenvalue weighted by Gasteiger charge is 2.12. The van der Waals surface area contributed by atoms with Crippen LogP contribution in [0.2, 0.25) is 0 Å². The monoisotopic (exact) mass is 434 g/mol. The van der Waals surface area contributed by atoms with E-state index >= 15 is 0 Å². The highest BCUT2D eigenvalue weighted by molar-refractivity contribution is 9.08. The summed E-state index contributed by atoms with van der Waals surface area (Å²) in [5.41, 5.74) is 2.29. The first-order valence-electron chi connectivity index (χ1n) is 8.01. The van der Waals surface area contributed by atoms with Crippen LogP contribution in [0.25, 0.3) is 0 Å². The molecule has 4 heteroatoms. The zero-order valence-corrected chi connectivity index (χ0v) is 17.3. The van der Waals surface area contributed by atoms with Gasteiger partial charge in [-0.3, -0.25) is 0 Å². The van der Waals surface area contributed by atoms with Crippen molar-refractivity contribution in [1.29, 1.82) is 0 Å². The summed E-state index contributed by atoms with van der Waals surface area (Å²) in [6, 6.07) is 4.22. The Hall–Kier alpha value is -0.220. The average molecular weight is 436 g/mol. The number of hydrogen-bond acceptors (Lipinski definition) is 2. The SMILES string of the molecule is CC(C)CCOc1cc(CBr)c(OCCC(C)C)cc1CBr. The quantitative estimate of drug-likeness (QED) is 0.400. The van der Waals surface area contributed by atoms with Crippen molar-refractivity contribution >= 4 is 31.9 Å². The molecule has 22 heavy (non-hydrogen) atoms. The molecule has 0 saturated carbocycles. The number of hydrogen-bond donors (Lipinski definition) is 0. The van der Waals surface area contributed by atoms with Gasteiger partial charge < -0.3 is 9.47 Å². The molecular weight excluding hydrogens is 408 g/mol. The smallest absolute Gasteiger partial charge is 0.123 e. The first-order valence-corrected chi connectivity index (χ1v) is 10.3. The highest BCUT2D eigenvalue weighted by atomic mass is 79.9. The van der Waals surface area contributed by atoms with Gasteiger partial charge in [0.15, 0.2) is 0 Å². The van der Waals surface area contributed by atoms with Gasteiger partial charge in [-0.25, -0.2) is 0 Å². The standard InChI is InChI=1S/C18H28Br2O2/c1-13(2)5-7-21-17-9-16(12-20)18(10-15(17)11-19)22-8-6-14(3)4/h9-10,13-14H,5-8,11-12H2,1-4H3. The van der Waals surface area contributed by atoms with E-state index in [0.29, 0.717) is 11.8 Å². The topological polar surface area (TPSA) is 18.5 Å². The maximum absolute atomic E-state index is 5.97. The Kier molecular flexibility index (Phi) is 9.49. The average Bonchev–Trinajstić information content (AvgIpc) is 2.47. The van der Waals surface area contributed by atoms with Crippen molar-refractivity contribution in [2.24, 2.45) is 11.8 Å². The van der Waals surface area contributed by atoms with E-state index in [1.54, 1.807) is 0 Å². The molecule has 0 aromatic heterocycles. The van der Waals surface area contributed by atoms with Crippen molar-refractivity contribution in [1.82, 2.24) is 0 Å². The van der Waals surface area contributed by atoms with Crippen LogP contribution in [-0.4, -0.2) is 13.2 Å². The van der Waals surface area contributed by atoms with Gasteiger partial charge in [-0.2, -0.15) is 0 Å². The third-order valence-corrected chi connectivity index (χ3v) is 4.65. The molecule has 0 bridgehead atoms. The van der Waals surface area contributed by atoms with E-state index in [-0.39, 0.29) is 0 Å². The Balaban J connectivity index is 2.82. The van der Waals surface area contributed by atoms with Crippen LogP contribution >= 0.6 is 31.9 Å². The van der Waals surface area contributed by atoms with Crippen LogP contribution in [0.1, 0.15) is 51.7 Å². The molecule has 0 spiro atoms. The Bertz CT molecular complexity index is 403. The molecular formula is C18H28Br2O2. The van der Waals surface area contributed by atoms with E-state index in [9.17, 15) is 0 Å². The van der Waals surface area contributed by atoms with Gasteiger partial charge in [0.2, 0.25) is 0 Å². The molecule has 0 aliphatic rings. The van der Waals surface area contributed by atoms with E-state index in [4.69, 9.17) is 9.47 Å². The zero-order valence-electron chi connectivity index (χ0n) is 14.1. The van der Waals surface area contributed by atoms with Crippen molar-refractivity contribution in [3.8, 4) is 11.5 Å². The van der Waals surface area contributed by atoms with Gasteiger partial charge >= 0.3 is 0 Å². The first kappa shape index (κ1) is 19.8. The summed E-state index contributed by atoms with van der Waals surface area (Å²) in [7, 11) is 0. The van der Waals surface area contributed by atoms with E-state index in [2.05, 4.69) is 71.7 Å². The molecule has 0 unspecified atom stereocenters. The summed E-state index contributed by atoms with van der Waals surface area (Å²) in [5, 5.41) is 1.54. The Morgan fingerprint density at radius 3 is 1.41 bits per heavy atom. The van der Waals surface area contributed by atoms with Gasteiger partial charge in [0.1, 0.15) is 11.5 Å². The van der Waals surface area contributed by atoms with Gasteiger partial charge in [0.05, 0.1) is 13.2 Å². The second-order valence-corrected chi connectivity index (χ2v) is 7.52. The van der Waals surface area contributed by atoms with Crippen molar-refractivity contribution < 1.29 is 9.47 Å². The number of rotatable bonds is 10. The van der Waals surface area contributed by atoms with Gasteiger partial charge in [-0.15, -0.1) is 0 Å². The normalized spacial score (nSPS) is 11.3. The van der Waals surface area contributed by atoms with Crippen molar-refractivity contribution in [3.05, 3.63) is 23.3 Å². The zero-order chi connectivity index (χ0) is 16.5. The summed E-state index contributed by atoms with van der Waals surface area (Å²) in [6.07, 6.45) is 2.13. The molecule has 0 amide bonds. The molecule has 1 rings (SSSR count). The van der Waals surface area contributed by atoms with E-state index in [1.165, 1.54) is 0 Å². The van der Waals surface area contributed by atoms with Gasteiger partial charge in [0, 0.05) is 21.8 Å². The fraction of sp³-hybridized carbons (Fsp3) is 0.667. The molecule has 2 nitrogen and oxygen atoms in total. The van der Waals surface area contributed by atoms with Crippen LogP contribution < -0.4 is 9.47 Å². The molecule has 0 N–H and O–H groups in total. The minimum atomic E-state index is 0.654. The molecule has 1 aromatic carbocycles. The summed E-state index contributed by atoms with van der Waals surface area (Å²) >= 11 is 7.11. The lowest BCUT2D eigenvalue weighted by molar-refractivity contribution is 0.279. The third-order valence-electron chi connectivity index (χ3n) is 3.44. The maximum Gasteiger partial charge on any atom is 0.123 e. The molecule has 126 valence electrons. The van der Waals surface area contributed by atoms with Crippen LogP contribution in [0.15, 0.2) is 12.1 Å². The molecule has 0 saturated heterocycles. The predicted octanol–water partition coefficient (Wildman–Crippen LogP) is 6.33. The van der Waals surface area contributed by atoms with Gasteiger partial charge in [-0.1, -0.05) is 59.6 Å². The highest BCUT2D eigenvalue weighted by Crippen LogP contribution is 2.32. The third kappa shape index (κ3) is 6.91. The largest absolute Gasteiger partial charge is 0.493 e.